The van der Waals surface area contributed by atoms with Crippen LogP contribution in [0.25, 0.3) is 0 Å². The zero-order valence-electron chi connectivity index (χ0n) is 10.1. The molecule has 0 aliphatic rings. The van der Waals surface area contributed by atoms with Gasteiger partial charge in [0.2, 0.25) is 0 Å². The maximum Gasteiger partial charge on any atom is 0.194 e. The molecule has 92 valence electrons. The van der Waals surface area contributed by atoms with Crippen LogP contribution in [-0.2, 0) is 0 Å². The van der Waals surface area contributed by atoms with Crippen LogP contribution in [0.4, 0.5) is 0 Å². The number of nitrogens with one attached hydrogen (secondary N) is 1. The van der Waals surface area contributed by atoms with E-state index in [1.807, 2.05) is 19.9 Å². The first-order chi connectivity index (χ1) is 8.56. The number of aromatic nitrogens is 3. The Bertz CT molecular complexity index is 577. The maximum atomic E-state index is 7.51. The minimum Gasteiger partial charge on any atom is -0.384 e. The molecule has 0 aliphatic carbocycles. The van der Waals surface area contributed by atoms with Crippen molar-refractivity contribution in [3.8, 4) is 0 Å². The fraction of sp³-hybridized carbons (Fsp3) is 0.167. The Hall–Kier alpha value is -1.95. The maximum absolute atomic E-state index is 7.51. The number of amidine groups is 1. The number of hydrogen-bond acceptors (Lipinski definition) is 5. The van der Waals surface area contributed by atoms with Gasteiger partial charge in [-0.1, -0.05) is 0 Å². The molecular weight excluding hydrogens is 246 g/mol. The average molecular weight is 259 g/mol. The van der Waals surface area contributed by atoms with Crippen molar-refractivity contribution in [3.05, 3.63) is 41.3 Å². The van der Waals surface area contributed by atoms with E-state index in [9.17, 15) is 0 Å². The van der Waals surface area contributed by atoms with Gasteiger partial charge in [0, 0.05) is 23.1 Å². The Morgan fingerprint density at radius 1 is 1.28 bits per heavy atom. The monoisotopic (exact) mass is 259 g/mol. The van der Waals surface area contributed by atoms with Crippen LogP contribution in [0.5, 0.6) is 0 Å². The van der Waals surface area contributed by atoms with E-state index < -0.39 is 0 Å². The molecule has 5 nitrogen and oxygen atoms in total. The van der Waals surface area contributed by atoms with Crippen LogP contribution in [0.15, 0.2) is 34.6 Å². The molecule has 0 saturated heterocycles. The highest BCUT2D eigenvalue weighted by Crippen LogP contribution is 2.25. The normalized spacial score (nSPS) is 10.3. The summed E-state index contributed by atoms with van der Waals surface area (Å²) in [5, 5.41) is 8.78. The van der Waals surface area contributed by atoms with E-state index in [4.69, 9.17) is 11.1 Å². The number of rotatable bonds is 3. The molecule has 2 heterocycles. The van der Waals surface area contributed by atoms with E-state index in [-0.39, 0.29) is 5.84 Å². The van der Waals surface area contributed by atoms with Crippen LogP contribution >= 0.6 is 11.8 Å². The highest BCUT2D eigenvalue weighted by molar-refractivity contribution is 7.99. The molecule has 18 heavy (non-hydrogen) atoms. The molecule has 0 amide bonds. The molecule has 0 aliphatic heterocycles. The SMILES string of the molecule is Cc1cc(C)nc(Sc2ncccc2C(=N)N)n1. The van der Waals surface area contributed by atoms with E-state index in [2.05, 4.69) is 15.0 Å². The number of pyridine rings is 1. The molecule has 2 rings (SSSR count). The molecule has 2 aromatic rings. The Labute approximate surface area is 109 Å². The summed E-state index contributed by atoms with van der Waals surface area (Å²) in [6.07, 6.45) is 1.66. The molecule has 0 bridgehead atoms. The first-order valence-electron chi connectivity index (χ1n) is 5.36. The third-order valence-corrected chi connectivity index (χ3v) is 3.09. The molecule has 0 saturated carbocycles. The molecule has 2 aromatic heterocycles. The van der Waals surface area contributed by atoms with Gasteiger partial charge in [0.15, 0.2) is 5.16 Å². The summed E-state index contributed by atoms with van der Waals surface area (Å²) in [4.78, 5) is 12.9. The second-order valence-corrected chi connectivity index (χ2v) is 4.76. The predicted octanol–water partition coefficient (Wildman–Crippen LogP) is 1.92. The van der Waals surface area contributed by atoms with E-state index in [1.54, 1.807) is 18.3 Å². The van der Waals surface area contributed by atoms with Crippen LogP contribution < -0.4 is 5.73 Å². The van der Waals surface area contributed by atoms with E-state index in [1.165, 1.54) is 11.8 Å². The Morgan fingerprint density at radius 3 is 2.56 bits per heavy atom. The molecule has 0 atom stereocenters. The van der Waals surface area contributed by atoms with Crippen molar-refractivity contribution in [1.29, 1.82) is 5.41 Å². The largest absolute Gasteiger partial charge is 0.384 e. The van der Waals surface area contributed by atoms with E-state index >= 15 is 0 Å². The summed E-state index contributed by atoms with van der Waals surface area (Å²) in [6.45, 7) is 3.84. The summed E-state index contributed by atoms with van der Waals surface area (Å²) in [5.41, 5.74) is 7.93. The predicted molar refractivity (Wildman–Crippen MR) is 70.9 cm³/mol. The van der Waals surface area contributed by atoms with Gasteiger partial charge in [0.1, 0.15) is 10.9 Å². The molecule has 0 unspecified atom stereocenters. The number of nitrogens with zero attached hydrogens (tertiary/aromatic N) is 3. The lowest BCUT2D eigenvalue weighted by Crippen LogP contribution is -2.13. The summed E-state index contributed by atoms with van der Waals surface area (Å²) in [7, 11) is 0. The molecule has 6 heteroatoms. The van der Waals surface area contributed by atoms with Crippen molar-refractivity contribution in [2.24, 2.45) is 5.73 Å². The number of aryl methyl sites for hydroxylation is 2. The van der Waals surface area contributed by atoms with Gasteiger partial charge in [-0.15, -0.1) is 0 Å². The van der Waals surface area contributed by atoms with Gasteiger partial charge in [-0.05, 0) is 43.8 Å². The second-order valence-electron chi connectivity index (χ2n) is 3.81. The minimum absolute atomic E-state index is 0.00465. The first kappa shape index (κ1) is 12.5. The summed E-state index contributed by atoms with van der Waals surface area (Å²) >= 11 is 1.32. The fourth-order valence-electron chi connectivity index (χ4n) is 1.50. The average Bonchev–Trinajstić information content (AvgIpc) is 2.27. The zero-order chi connectivity index (χ0) is 13.1. The van der Waals surface area contributed by atoms with E-state index in [0.717, 1.165) is 11.4 Å². The van der Waals surface area contributed by atoms with Crippen molar-refractivity contribution in [2.45, 2.75) is 24.0 Å². The lowest BCUT2D eigenvalue weighted by atomic mass is 10.3. The highest BCUT2D eigenvalue weighted by atomic mass is 32.2. The molecule has 3 N–H and O–H groups in total. The van der Waals surface area contributed by atoms with Gasteiger partial charge in [-0.3, -0.25) is 5.41 Å². The Kier molecular flexibility index (Phi) is 3.57. The third kappa shape index (κ3) is 2.84. The van der Waals surface area contributed by atoms with Gasteiger partial charge in [-0.2, -0.15) is 0 Å². The summed E-state index contributed by atoms with van der Waals surface area (Å²) < 4.78 is 0. The van der Waals surface area contributed by atoms with Gasteiger partial charge < -0.3 is 5.73 Å². The van der Waals surface area contributed by atoms with Crippen LogP contribution in [0.2, 0.25) is 0 Å². The van der Waals surface area contributed by atoms with Gasteiger partial charge >= 0.3 is 0 Å². The Balaban J connectivity index is 2.37. The number of nitrogens with two attached hydrogens (primary N) is 1. The summed E-state index contributed by atoms with van der Waals surface area (Å²) in [6, 6.07) is 5.43. The smallest absolute Gasteiger partial charge is 0.194 e. The Morgan fingerprint density at radius 2 is 1.94 bits per heavy atom. The summed E-state index contributed by atoms with van der Waals surface area (Å²) in [5.74, 6) is -0.00465. The van der Waals surface area contributed by atoms with Crippen molar-refractivity contribution in [2.75, 3.05) is 0 Å². The molecule has 0 spiro atoms. The van der Waals surface area contributed by atoms with Crippen LogP contribution in [-0.4, -0.2) is 20.8 Å². The first-order valence-corrected chi connectivity index (χ1v) is 6.17. The third-order valence-electron chi connectivity index (χ3n) is 2.21. The van der Waals surface area contributed by atoms with Crippen molar-refractivity contribution < 1.29 is 0 Å². The lowest BCUT2D eigenvalue weighted by Gasteiger charge is -2.06. The van der Waals surface area contributed by atoms with Crippen LogP contribution in [0.3, 0.4) is 0 Å². The van der Waals surface area contributed by atoms with Crippen LogP contribution in [0, 0.1) is 19.3 Å². The standard InChI is InChI=1S/C12H13N5S/c1-7-6-8(2)17-12(16-7)18-11-9(10(13)14)4-3-5-15-11/h3-6H,1-2H3,(H3,13,14). The topological polar surface area (TPSA) is 88.5 Å². The van der Waals surface area contributed by atoms with Gasteiger partial charge in [-0.25, -0.2) is 15.0 Å². The van der Waals surface area contributed by atoms with Crippen molar-refractivity contribution in [3.63, 3.8) is 0 Å². The molecular formula is C12H13N5S. The molecule has 0 radical (unpaired) electrons. The fourth-order valence-corrected chi connectivity index (χ4v) is 2.46. The van der Waals surface area contributed by atoms with Crippen molar-refractivity contribution in [1.82, 2.24) is 15.0 Å². The highest BCUT2D eigenvalue weighted by Gasteiger charge is 2.10. The molecule has 0 fully saturated rings. The lowest BCUT2D eigenvalue weighted by molar-refractivity contribution is 0.898. The van der Waals surface area contributed by atoms with Crippen molar-refractivity contribution >= 4 is 17.6 Å². The minimum atomic E-state index is -0.00465. The van der Waals surface area contributed by atoms with E-state index in [0.29, 0.717) is 15.7 Å². The quantitative estimate of drug-likeness (QED) is 0.499. The zero-order valence-corrected chi connectivity index (χ0v) is 11.0. The number of nitrogen functional groups attached to an aromatic ring is 1. The van der Waals surface area contributed by atoms with Crippen LogP contribution in [0.1, 0.15) is 17.0 Å². The second kappa shape index (κ2) is 5.14. The number of hydrogen-bond donors (Lipinski definition) is 2. The van der Waals surface area contributed by atoms with Gasteiger partial charge in [0.05, 0.1) is 0 Å². The van der Waals surface area contributed by atoms with Gasteiger partial charge in [0.25, 0.3) is 0 Å². The molecule has 0 aromatic carbocycles.